The number of ether oxygens (including phenoxy) is 3. The number of likely N-dealkylation sites (N-methyl/N-ethyl adjacent to an activating group) is 1. The Balaban J connectivity index is 1.14. The number of hydrogen-bond acceptors (Lipinski definition) is 9. The van der Waals surface area contributed by atoms with E-state index in [2.05, 4.69) is 4.90 Å². The predicted molar refractivity (Wildman–Crippen MR) is 153 cm³/mol. The predicted octanol–water partition coefficient (Wildman–Crippen LogP) is 2.10. The summed E-state index contributed by atoms with van der Waals surface area (Å²) in [5, 5.41) is 20.5. The van der Waals surface area contributed by atoms with Crippen LogP contribution in [0.2, 0.25) is 0 Å². The fraction of sp³-hybridized carbons (Fsp3) is 0.517. The van der Waals surface area contributed by atoms with Crippen LogP contribution in [-0.4, -0.2) is 117 Å². The third-order valence-electron chi connectivity index (χ3n) is 8.22. The average Bonchev–Trinajstić information content (AvgIpc) is 3.37. The molecule has 5 rings (SSSR count). The molecule has 3 heterocycles. The van der Waals surface area contributed by atoms with Crippen molar-refractivity contribution in [2.45, 2.75) is 41.9 Å². The third kappa shape index (κ3) is 6.58. The lowest BCUT2D eigenvalue weighted by Crippen LogP contribution is -2.48. The second kappa shape index (κ2) is 12.0. The number of carboxylic acid groups (broad SMARTS) is 1. The maximum absolute atomic E-state index is 13.2. The van der Waals surface area contributed by atoms with Gasteiger partial charge in [-0.2, -0.15) is 0 Å². The number of carbonyl (C=O) groups excluding carboxylic acids is 1. The second-order valence-corrected chi connectivity index (χ2v) is 13.3. The van der Waals surface area contributed by atoms with Crippen molar-refractivity contribution in [3.05, 3.63) is 48.0 Å². The Morgan fingerprint density at radius 1 is 1.17 bits per heavy atom. The minimum Gasteiger partial charge on any atom is -0.491 e. The Morgan fingerprint density at radius 2 is 1.93 bits per heavy atom. The zero-order valence-electron chi connectivity index (χ0n) is 23.8. The van der Waals surface area contributed by atoms with Gasteiger partial charge in [-0.1, -0.05) is 6.07 Å². The highest BCUT2D eigenvalue weighted by Gasteiger charge is 2.46. The van der Waals surface area contributed by atoms with Crippen LogP contribution in [0.5, 0.6) is 11.5 Å². The van der Waals surface area contributed by atoms with E-state index in [9.17, 15) is 28.2 Å². The van der Waals surface area contributed by atoms with Crippen LogP contribution in [0.15, 0.2) is 47.4 Å². The first-order chi connectivity index (χ1) is 19.9. The van der Waals surface area contributed by atoms with Gasteiger partial charge in [0.15, 0.2) is 9.84 Å². The van der Waals surface area contributed by atoms with Gasteiger partial charge in [-0.15, -0.1) is 0 Å². The Morgan fingerprint density at radius 3 is 2.64 bits per heavy atom. The molecule has 0 bridgehead atoms. The van der Waals surface area contributed by atoms with Gasteiger partial charge in [0.2, 0.25) is 0 Å². The van der Waals surface area contributed by atoms with E-state index in [1.807, 2.05) is 19.2 Å². The number of anilines is 1. The molecule has 228 valence electrons. The molecule has 2 atom stereocenters. The number of nitrogens with zero attached hydrogens (tertiary/aromatic N) is 3. The quantitative estimate of drug-likeness (QED) is 0.460. The second-order valence-electron chi connectivity index (χ2n) is 11.2. The molecule has 0 aliphatic carbocycles. The Bertz CT molecular complexity index is 1430. The van der Waals surface area contributed by atoms with Gasteiger partial charge in [0.05, 0.1) is 41.9 Å². The lowest BCUT2D eigenvalue weighted by molar-refractivity contribution is -0.0395. The van der Waals surface area contributed by atoms with Crippen LogP contribution < -0.4 is 14.4 Å². The molecular formula is C29H37N3O9S. The highest BCUT2D eigenvalue weighted by molar-refractivity contribution is 7.90. The highest BCUT2D eigenvalue weighted by Crippen LogP contribution is 2.39. The average molecular weight is 604 g/mol. The summed E-state index contributed by atoms with van der Waals surface area (Å²) in [5.74, 6) is 0.892. The van der Waals surface area contributed by atoms with E-state index in [4.69, 9.17) is 14.2 Å². The van der Waals surface area contributed by atoms with Crippen molar-refractivity contribution in [2.24, 2.45) is 0 Å². The van der Waals surface area contributed by atoms with Crippen LogP contribution in [0.25, 0.3) is 0 Å². The zero-order valence-corrected chi connectivity index (χ0v) is 24.6. The summed E-state index contributed by atoms with van der Waals surface area (Å²) < 4.78 is 41.0. The number of sulfone groups is 1. The first-order valence-electron chi connectivity index (χ1n) is 14.0. The number of fused-ring (bicyclic) bond motifs is 1. The van der Waals surface area contributed by atoms with Gasteiger partial charge in [0.1, 0.15) is 30.8 Å². The summed E-state index contributed by atoms with van der Waals surface area (Å²) in [4.78, 5) is 30.5. The molecule has 12 nitrogen and oxygen atoms in total. The van der Waals surface area contributed by atoms with Gasteiger partial charge >= 0.3 is 6.09 Å². The Labute approximate surface area is 245 Å². The fourth-order valence-corrected chi connectivity index (χ4v) is 6.47. The molecule has 2 N–H and O–H groups in total. The number of aliphatic hydroxyl groups excluding tert-OH is 1. The molecule has 42 heavy (non-hydrogen) atoms. The minimum absolute atomic E-state index is 0.0728. The number of hydrogen-bond donors (Lipinski definition) is 2. The molecule has 1 spiro atoms. The van der Waals surface area contributed by atoms with Crippen molar-refractivity contribution in [3.63, 3.8) is 0 Å². The van der Waals surface area contributed by atoms with Crippen LogP contribution in [0.3, 0.4) is 0 Å². The minimum atomic E-state index is -3.42. The molecule has 2 amide bonds. The first-order valence-corrected chi connectivity index (χ1v) is 15.8. The highest BCUT2D eigenvalue weighted by atomic mass is 32.2. The summed E-state index contributed by atoms with van der Waals surface area (Å²) in [6.07, 6.45) is 0.397. The van der Waals surface area contributed by atoms with E-state index < -0.39 is 33.7 Å². The van der Waals surface area contributed by atoms with Crippen molar-refractivity contribution in [1.82, 2.24) is 9.80 Å². The fourth-order valence-electron chi connectivity index (χ4n) is 5.81. The first kappa shape index (κ1) is 29.9. The van der Waals surface area contributed by atoms with Crippen molar-refractivity contribution < 1.29 is 42.4 Å². The molecule has 0 radical (unpaired) electrons. The van der Waals surface area contributed by atoms with Gasteiger partial charge in [-0.25, -0.2) is 13.2 Å². The number of likely N-dealkylation sites (tertiary alicyclic amines) is 1. The summed E-state index contributed by atoms with van der Waals surface area (Å²) in [6, 6.07) is 11.0. The van der Waals surface area contributed by atoms with Crippen LogP contribution >= 0.6 is 0 Å². The van der Waals surface area contributed by atoms with Crippen LogP contribution in [0.1, 0.15) is 29.6 Å². The molecular weight excluding hydrogens is 566 g/mol. The number of rotatable bonds is 8. The molecule has 2 fully saturated rings. The number of aliphatic hydroxyl groups is 1. The molecule has 2 saturated heterocycles. The molecule has 2 unspecified atom stereocenters. The van der Waals surface area contributed by atoms with Gasteiger partial charge < -0.3 is 39.1 Å². The van der Waals surface area contributed by atoms with Crippen molar-refractivity contribution in [2.75, 3.05) is 64.2 Å². The summed E-state index contributed by atoms with van der Waals surface area (Å²) in [7, 11) is -1.43. The standard InChI is InChI=1S/C29H37N3O9S/c1-30-12-13-39-26-14-20(6-7-25(26)30)27(34)31-10-8-29(9-11-31)16-21(18-41-29)32(28(35)36)17-22(33)19-40-23-4-3-5-24(15-23)42(2,37)38/h3-7,14-15,21-22,33H,8-13,16-19H2,1-2H3,(H,35,36). The topological polar surface area (TPSA) is 146 Å². The summed E-state index contributed by atoms with van der Waals surface area (Å²) in [5.41, 5.74) is 0.993. The smallest absolute Gasteiger partial charge is 0.407 e. The van der Waals surface area contributed by atoms with E-state index in [0.717, 1.165) is 18.5 Å². The van der Waals surface area contributed by atoms with E-state index >= 15 is 0 Å². The van der Waals surface area contributed by atoms with Crippen LogP contribution in [0.4, 0.5) is 10.5 Å². The number of piperidine rings is 1. The molecule has 2 aromatic rings. The summed E-state index contributed by atoms with van der Waals surface area (Å²) >= 11 is 0. The van der Waals surface area contributed by atoms with Gasteiger partial charge in [-0.3, -0.25) is 4.79 Å². The van der Waals surface area contributed by atoms with E-state index in [0.29, 0.717) is 50.3 Å². The number of amides is 2. The molecule has 13 heteroatoms. The largest absolute Gasteiger partial charge is 0.491 e. The lowest BCUT2D eigenvalue weighted by Gasteiger charge is -2.39. The van der Waals surface area contributed by atoms with E-state index in [1.165, 1.54) is 23.1 Å². The monoisotopic (exact) mass is 603 g/mol. The van der Waals surface area contributed by atoms with Crippen molar-refractivity contribution >= 4 is 27.5 Å². The SMILES string of the molecule is CN1CCOc2cc(C(=O)N3CCC4(CC3)CC(N(CC(O)COc3cccc(S(C)(=O)=O)c3)C(=O)O)CO4)ccc21. The molecule has 0 aromatic heterocycles. The van der Waals surface area contributed by atoms with E-state index in [1.54, 1.807) is 17.0 Å². The molecule has 2 aromatic carbocycles. The normalized spacial score (nSPS) is 20.5. The molecule has 3 aliphatic rings. The van der Waals surface area contributed by atoms with Gasteiger partial charge in [-0.05, 0) is 55.7 Å². The third-order valence-corrected chi connectivity index (χ3v) is 9.33. The van der Waals surface area contributed by atoms with Crippen LogP contribution in [-0.2, 0) is 14.6 Å². The Kier molecular flexibility index (Phi) is 8.53. The van der Waals surface area contributed by atoms with Gasteiger partial charge in [0.25, 0.3) is 5.91 Å². The number of benzene rings is 2. The lowest BCUT2D eigenvalue weighted by atomic mass is 9.87. The van der Waals surface area contributed by atoms with E-state index in [-0.39, 0.29) is 36.3 Å². The Hall–Kier alpha value is -3.55. The zero-order chi connectivity index (χ0) is 30.1. The maximum atomic E-state index is 13.2. The van der Waals surface area contributed by atoms with Crippen molar-refractivity contribution in [3.8, 4) is 11.5 Å². The molecule has 0 saturated carbocycles. The summed E-state index contributed by atoms with van der Waals surface area (Å²) in [6.45, 7) is 2.13. The van der Waals surface area contributed by atoms with Gasteiger partial charge in [0, 0.05) is 32.0 Å². The number of carbonyl (C=O) groups is 2. The van der Waals surface area contributed by atoms with Crippen molar-refractivity contribution in [1.29, 1.82) is 0 Å². The maximum Gasteiger partial charge on any atom is 0.407 e. The molecule has 3 aliphatic heterocycles. The van der Waals surface area contributed by atoms with Crippen LogP contribution in [0, 0.1) is 0 Å².